The molecule has 2 fully saturated rings. The Morgan fingerprint density at radius 3 is 2.48 bits per heavy atom. The SMILES string of the molecule is Cc1ccc(C(=O)O[C@@H](C)C(=O)NC2CC2)cc1S(=O)(=O)N1CCCCC1. The number of ether oxygens (including phenoxy) is 1. The first-order valence-electron chi connectivity index (χ1n) is 9.41. The van der Waals surface area contributed by atoms with Gasteiger partial charge in [0.25, 0.3) is 5.91 Å². The van der Waals surface area contributed by atoms with Crippen LogP contribution in [0.4, 0.5) is 0 Å². The van der Waals surface area contributed by atoms with E-state index in [9.17, 15) is 18.0 Å². The third-order valence-corrected chi connectivity index (χ3v) is 6.97. The fourth-order valence-corrected chi connectivity index (χ4v) is 4.85. The molecule has 1 saturated heterocycles. The van der Waals surface area contributed by atoms with Crippen molar-refractivity contribution in [3.05, 3.63) is 29.3 Å². The van der Waals surface area contributed by atoms with Crippen molar-refractivity contribution in [2.45, 2.75) is 63.0 Å². The third-order valence-electron chi connectivity index (χ3n) is 4.93. The molecule has 1 aromatic carbocycles. The largest absolute Gasteiger partial charge is 0.449 e. The topological polar surface area (TPSA) is 92.8 Å². The smallest absolute Gasteiger partial charge is 0.338 e. The number of carbonyl (C=O) groups excluding carboxylic acids is 2. The first-order valence-corrected chi connectivity index (χ1v) is 10.8. The molecule has 148 valence electrons. The Balaban J connectivity index is 1.75. The summed E-state index contributed by atoms with van der Waals surface area (Å²) in [5, 5.41) is 2.78. The summed E-state index contributed by atoms with van der Waals surface area (Å²) in [5.41, 5.74) is 0.707. The molecule has 3 rings (SSSR count). The van der Waals surface area contributed by atoms with Gasteiger partial charge in [0.15, 0.2) is 6.10 Å². The molecule has 27 heavy (non-hydrogen) atoms. The quantitative estimate of drug-likeness (QED) is 0.745. The van der Waals surface area contributed by atoms with Crippen molar-refractivity contribution < 1.29 is 22.7 Å². The number of nitrogens with zero attached hydrogens (tertiary/aromatic N) is 1. The lowest BCUT2D eigenvalue weighted by Crippen LogP contribution is -2.37. The lowest BCUT2D eigenvalue weighted by molar-refractivity contribution is -0.129. The molecule has 1 N–H and O–H groups in total. The van der Waals surface area contributed by atoms with Crippen molar-refractivity contribution in [1.29, 1.82) is 0 Å². The Kier molecular flexibility index (Phi) is 5.86. The molecular weight excluding hydrogens is 368 g/mol. The Morgan fingerprint density at radius 2 is 1.85 bits per heavy atom. The number of rotatable bonds is 6. The van der Waals surface area contributed by atoms with Gasteiger partial charge in [0.2, 0.25) is 10.0 Å². The van der Waals surface area contributed by atoms with E-state index in [1.165, 1.54) is 23.4 Å². The molecule has 1 heterocycles. The first kappa shape index (κ1) is 19.8. The molecule has 1 aromatic rings. The number of piperidine rings is 1. The molecule has 0 radical (unpaired) electrons. The maximum atomic E-state index is 13.0. The van der Waals surface area contributed by atoms with Crippen molar-refractivity contribution in [3.8, 4) is 0 Å². The highest BCUT2D eigenvalue weighted by atomic mass is 32.2. The van der Waals surface area contributed by atoms with Crippen LogP contribution in [0, 0.1) is 6.92 Å². The number of benzene rings is 1. The highest BCUT2D eigenvalue weighted by Crippen LogP contribution is 2.25. The third kappa shape index (κ3) is 4.68. The zero-order valence-electron chi connectivity index (χ0n) is 15.7. The summed E-state index contributed by atoms with van der Waals surface area (Å²) in [6.45, 7) is 4.20. The number of esters is 1. The molecule has 1 aliphatic heterocycles. The molecular formula is C19H26N2O5S. The summed E-state index contributed by atoms with van der Waals surface area (Å²) in [5.74, 6) is -1.04. The van der Waals surface area contributed by atoms with Crippen LogP contribution in [0.1, 0.15) is 54.9 Å². The minimum atomic E-state index is -3.65. The van der Waals surface area contributed by atoms with Crippen LogP contribution < -0.4 is 5.32 Å². The maximum absolute atomic E-state index is 13.0. The molecule has 7 nitrogen and oxygen atoms in total. The standard InChI is InChI=1S/C19H26N2O5S/c1-13-6-7-15(19(23)26-14(2)18(22)20-16-8-9-16)12-17(13)27(24,25)21-10-4-3-5-11-21/h6-7,12,14,16H,3-5,8-11H2,1-2H3,(H,20,22)/t14-/m0/s1. The maximum Gasteiger partial charge on any atom is 0.338 e. The molecule has 0 aromatic heterocycles. The van der Waals surface area contributed by atoms with E-state index in [1.54, 1.807) is 13.0 Å². The van der Waals surface area contributed by atoms with Gasteiger partial charge >= 0.3 is 5.97 Å². The van der Waals surface area contributed by atoms with Gasteiger partial charge in [-0.25, -0.2) is 13.2 Å². The predicted molar refractivity (Wildman–Crippen MR) is 99.8 cm³/mol. The van der Waals surface area contributed by atoms with E-state index < -0.39 is 22.1 Å². The van der Waals surface area contributed by atoms with Gasteiger partial charge in [-0.05, 0) is 57.2 Å². The fraction of sp³-hybridized carbons (Fsp3) is 0.579. The second-order valence-corrected chi connectivity index (χ2v) is 9.18. The highest BCUT2D eigenvalue weighted by molar-refractivity contribution is 7.89. The van der Waals surface area contributed by atoms with Crippen molar-refractivity contribution >= 4 is 21.9 Å². The Bertz CT molecular complexity index is 827. The van der Waals surface area contributed by atoms with E-state index in [2.05, 4.69) is 5.32 Å². The first-order chi connectivity index (χ1) is 12.8. The minimum absolute atomic E-state index is 0.119. The summed E-state index contributed by atoms with van der Waals surface area (Å²) in [6.07, 6.45) is 3.67. The van der Waals surface area contributed by atoms with E-state index >= 15 is 0 Å². The summed E-state index contributed by atoms with van der Waals surface area (Å²) < 4.78 is 32.6. The van der Waals surface area contributed by atoms with Crippen LogP contribution in [0.2, 0.25) is 0 Å². The van der Waals surface area contributed by atoms with Crippen LogP contribution in [0.5, 0.6) is 0 Å². The Morgan fingerprint density at radius 1 is 1.19 bits per heavy atom. The molecule has 0 unspecified atom stereocenters. The van der Waals surface area contributed by atoms with E-state index in [0.717, 1.165) is 32.1 Å². The van der Waals surface area contributed by atoms with Crippen molar-refractivity contribution in [2.24, 2.45) is 0 Å². The van der Waals surface area contributed by atoms with Gasteiger partial charge in [-0.1, -0.05) is 12.5 Å². The number of nitrogens with one attached hydrogen (secondary N) is 1. The molecule has 0 bridgehead atoms. The molecule has 1 atom stereocenters. The second-order valence-electron chi connectivity index (χ2n) is 7.28. The number of amides is 1. The van der Waals surface area contributed by atoms with Crippen LogP contribution in [-0.4, -0.2) is 49.8 Å². The number of aryl methyl sites for hydroxylation is 1. The summed E-state index contributed by atoms with van der Waals surface area (Å²) in [6, 6.07) is 4.66. The van der Waals surface area contributed by atoms with Crippen LogP contribution >= 0.6 is 0 Å². The average Bonchev–Trinajstić information content (AvgIpc) is 3.46. The van der Waals surface area contributed by atoms with Crippen LogP contribution in [0.3, 0.4) is 0 Å². The summed E-state index contributed by atoms with van der Waals surface area (Å²) in [4.78, 5) is 24.5. The van der Waals surface area contributed by atoms with Gasteiger partial charge in [-0.2, -0.15) is 4.31 Å². The van der Waals surface area contributed by atoms with Crippen LogP contribution in [-0.2, 0) is 19.6 Å². The van der Waals surface area contributed by atoms with Gasteiger partial charge in [-0.3, -0.25) is 4.79 Å². The molecule has 0 spiro atoms. The lowest BCUT2D eigenvalue weighted by atomic mass is 10.1. The predicted octanol–water partition coefficient (Wildman–Crippen LogP) is 1.99. The molecule has 8 heteroatoms. The second kappa shape index (κ2) is 7.98. The normalized spacial score (nSPS) is 19.3. The molecule has 1 saturated carbocycles. The highest BCUT2D eigenvalue weighted by Gasteiger charge is 2.30. The number of sulfonamides is 1. The number of hydrogen-bond donors (Lipinski definition) is 1. The summed E-state index contributed by atoms with van der Waals surface area (Å²) in [7, 11) is -3.65. The van der Waals surface area contributed by atoms with Crippen LogP contribution in [0.25, 0.3) is 0 Å². The Hall–Kier alpha value is -1.93. The molecule has 1 aliphatic carbocycles. The zero-order chi connectivity index (χ0) is 19.6. The van der Waals surface area contributed by atoms with Gasteiger partial charge in [-0.15, -0.1) is 0 Å². The van der Waals surface area contributed by atoms with E-state index in [1.807, 2.05) is 0 Å². The van der Waals surface area contributed by atoms with E-state index in [4.69, 9.17) is 4.74 Å². The summed E-state index contributed by atoms with van der Waals surface area (Å²) >= 11 is 0. The van der Waals surface area contributed by atoms with Crippen molar-refractivity contribution in [1.82, 2.24) is 9.62 Å². The lowest BCUT2D eigenvalue weighted by Gasteiger charge is -2.26. The zero-order valence-corrected chi connectivity index (χ0v) is 16.5. The van der Waals surface area contributed by atoms with Gasteiger partial charge in [0.05, 0.1) is 10.5 Å². The number of carbonyl (C=O) groups is 2. The Labute approximate surface area is 160 Å². The van der Waals surface area contributed by atoms with Crippen molar-refractivity contribution in [2.75, 3.05) is 13.1 Å². The van der Waals surface area contributed by atoms with Gasteiger partial charge in [0, 0.05) is 19.1 Å². The van der Waals surface area contributed by atoms with Gasteiger partial charge < -0.3 is 10.1 Å². The molecule has 1 amide bonds. The van der Waals surface area contributed by atoms with Crippen molar-refractivity contribution in [3.63, 3.8) is 0 Å². The average molecular weight is 394 g/mol. The monoisotopic (exact) mass is 394 g/mol. The number of hydrogen-bond acceptors (Lipinski definition) is 5. The van der Waals surface area contributed by atoms with Gasteiger partial charge in [0.1, 0.15) is 0 Å². The van der Waals surface area contributed by atoms with Crippen LogP contribution in [0.15, 0.2) is 23.1 Å². The van der Waals surface area contributed by atoms with E-state index in [0.29, 0.717) is 18.7 Å². The van der Waals surface area contributed by atoms with E-state index in [-0.39, 0.29) is 22.4 Å². The minimum Gasteiger partial charge on any atom is -0.449 e. The fourth-order valence-electron chi connectivity index (χ4n) is 3.08. The molecule has 2 aliphatic rings.